The largest absolute Gasteiger partial charge is 0.495 e. The average Bonchev–Trinajstić information content (AvgIpc) is 3.28. The Labute approximate surface area is 190 Å². The van der Waals surface area contributed by atoms with E-state index in [4.69, 9.17) is 4.74 Å². The number of para-hydroxylation sites is 2. The molecule has 2 N–H and O–H groups in total. The summed E-state index contributed by atoms with van der Waals surface area (Å²) in [6.07, 6.45) is 0. The van der Waals surface area contributed by atoms with Crippen molar-refractivity contribution < 1.29 is 14.3 Å². The number of tetrazole rings is 1. The van der Waals surface area contributed by atoms with Crippen LogP contribution in [0.15, 0.2) is 72.8 Å². The smallest absolute Gasteiger partial charge is 0.255 e. The normalized spacial score (nSPS) is 10.5. The summed E-state index contributed by atoms with van der Waals surface area (Å²) in [6, 6.07) is 21.4. The number of aryl methyl sites for hydroxylation is 1. The monoisotopic (exact) mass is 442 g/mol. The predicted molar refractivity (Wildman–Crippen MR) is 124 cm³/mol. The van der Waals surface area contributed by atoms with Gasteiger partial charge in [0.25, 0.3) is 5.91 Å². The van der Waals surface area contributed by atoms with Gasteiger partial charge in [-0.2, -0.15) is 4.80 Å². The number of benzene rings is 3. The number of amides is 2. The van der Waals surface area contributed by atoms with Crippen molar-refractivity contribution in [3.05, 3.63) is 83.9 Å². The van der Waals surface area contributed by atoms with Crippen LogP contribution in [0.1, 0.15) is 15.9 Å². The summed E-state index contributed by atoms with van der Waals surface area (Å²) in [7, 11) is 1.54. The molecule has 4 aromatic rings. The van der Waals surface area contributed by atoms with Crippen LogP contribution in [0.2, 0.25) is 0 Å². The Kier molecular flexibility index (Phi) is 6.40. The van der Waals surface area contributed by atoms with Crippen molar-refractivity contribution in [2.45, 2.75) is 13.5 Å². The zero-order chi connectivity index (χ0) is 23.2. The molecule has 0 unspecified atom stereocenters. The second-order valence-electron chi connectivity index (χ2n) is 7.24. The number of methoxy groups -OCH3 is 1. The third-order valence-electron chi connectivity index (χ3n) is 4.91. The zero-order valence-electron chi connectivity index (χ0n) is 18.1. The van der Waals surface area contributed by atoms with Gasteiger partial charge in [0.1, 0.15) is 12.3 Å². The highest BCUT2D eigenvalue weighted by Gasteiger charge is 2.12. The molecular formula is C24H22N6O3. The molecule has 9 nitrogen and oxygen atoms in total. The molecule has 1 aromatic heterocycles. The lowest BCUT2D eigenvalue weighted by atomic mass is 10.1. The maximum Gasteiger partial charge on any atom is 0.255 e. The van der Waals surface area contributed by atoms with Gasteiger partial charge in [0.15, 0.2) is 0 Å². The van der Waals surface area contributed by atoms with E-state index in [1.165, 1.54) is 4.80 Å². The minimum absolute atomic E-state index is 0.0884. The van der Waals surface area contributed by atoms with Crippen LogP contribution < -0.4 is 15.4 Å². The van der Waals surface area contributed by atoms with E-state index in [0.717, 1.165) is 11.1 Å². The average molecular weight is 442 g/mol. The Morgan fingerprint density at radius 1 is 0.939 bits per heavy atom. The van der Waals surface area contributed by atoms with E-state index in [2.05, 4.69) is 26.0 Å². The van der Waals surface area contributed by atoms with E-state index in [1.807, 2.05) is 43.3 Å². The molecule has 0 bridgehead atoms. The molecule has 33 heavy (non-hydrogen) atoms. The summed E-state index contributed by atoms with van der Waals surface area (Å²) in [5.41, 5.74) is 3.46. The van der Waals surface area contributed by atoms with Gasteiger partial charge in [0.05, 0.1) is 12.8 Å². The summed E-state index contributed by atoms with van der Waals surface area (Å²) in [4.78, 5) is 26.2. The molecule has 0 atom stereocenters. The zero-order valence-corrected chi connectivity index (χ0v) is 18.1. The minimum Gasteiger partial charge on any atom is -0.495 e. The van der Waals surface area contributed by atoms with Crippen molar-refractivity contribution in [3.63, 3.8) is 0 Å². The van der Waals surface area contributed by atoms with E-state index in [0.29, 0.717) is 28.5 Å². The Hall–Kier alpha value is -4.53. The molecule has 9 heteroatoms. The van der Waals surface area contributed by atoms with Crippen molar-refractivity contribution >= 4 is 23.2 Å². The molecule has 0 fully saturated rings. The number of hydrogen-bond donors (Lipinski definition) is 2. The first-order valence-corrected chi connectivity index (χ1v) is 10.2. The third kappa shape index (κ3) is 5.21. The van der Waals surface area contributed by atoms with E-state index in [9.17, 15) is 9.59 Å². The maximum atomic E-state index is 12.5. The van der Waals surface area contributed by atoms with Crippen LogP contribution in [0.25, 0.3) is 11.4 Å². The van der Waals surface area contributed by atoms with Crippen molar-refractivity contribution in [2.75, 3.05) is 17.7 Å². The number of nitrogens with one attached hydrogen (secondary N) is 2. The van der Waals surface area contributed by atoms with Crippen LogP contribution in [-0.2, 0) is 11.3 Å². The van der Waals surface area contributed by atoms with Crippen LogP contribution in [0, 0.1) is 6.92 Å². The van der Waals surface area contributed by atoms with Crippen LogP contribution in [0.5, 0.6) is 5.75 Å². The first-order valence-electron chi connectivity index (χ1n) is 10.2. The number of carbonyl (C=O) groups is 2. The Morgan fingerprint density at radius 3 is 2.42 bits per heavy atom. The number of anilines is 2. The highest BCUT2D eigenvalue weighted by Crippen LogP contribution is 2.24. The van der Waals surface area contributed by atoms with E-state index < -0.39 is 0 Å². The van der Waals surface area contributed by atoms with E-state index >= 15 is 0 Å². The number of aromatic nitrogens is 4. The van der Waals surface area contributed by atoms with Crippen LogP contribution in [0.3, 0.4) is 0 Å². The van der Waals surface area contributed by atoms with Gasteiger partial charge in [-0.1, -0.05) is 36.4 Å². The topological polar surface area (TPSA) is 111 Å². The first-order chi connectivity index (χ1) is 16.0. The van der Waals surface area contributed by atoms with Crippen molar-refractivity contribution in [1.29, 1.82) is 0 Å². The lowest BCUT2D eigenvalue weighted by Crippen LogP contribution is -2.20. The quantitative estimate of drug-likeness (QED) is 0.453. The van der Waals surface area contributed by atoms with Crippen molar-refractivity contribution in [1.82, 2.24) is 20.2 Å². The first kappa shape index (κ1) is 21.7. The lowest BCUT2D eigenvalue weighted by molar-refractivity contribution is -0.117. The second kappa shape index (κ2) is 9.73. The standard InChI is InChI=1S/C24H22N6O3/c1-16-7-3-4-8-19(16)23-27-29-30(28-23)15-22(31)25-18-13-11-17(12-14-18)24(32)26-20-9-5-6-10-21(20)33-2/h3-14H,15H2,1-2H3,(H,25,31)(H,26,32). The number of rotatable bonds is 7. The van der Waals surface area contributed by atoms with Crippen molar-refractivity contribution in [2.24, 2.45) is 0 Å². The fourth-order valence-electron chi connectivity index (χ4n) is 3.22. The lowest BCUT2D eigenvalue weighted by Gasteiger charge is -2.10. The molecule has 1 heterocycles. The van der Waals surface area contributed by atoms with Crippen molar-refractivity contribution in [3.8, 4) is 17.1 Å². The molecule has 0 aliphatic rings. The van der Waals surface area contributed by atoms with Gasteiger partial charge in [0.2, 0.25) is 11.7 Å². The van der Waals surface area contributed by atoms with Gasteiger partial charge in [-0.3, -0.25) is 9.59 Å². The molecule has 0 aliphatic carbocycles. The Bertz CT molecular complexity index is 1280. The van der Waals surface area contributed by atoms with E-state index in [-0.39, 0.29) is 18.4 Å². The SMILES string of the molecule is COc1ccccc1NC(=O)c1ccc(NC(=O)Cn2nnc(-c3ccccc3C)n2)cc1. The van der Waals surface area contributed by atoms with Gasteiger partial charge in [0, 0.05) is 16.8 Å². The molecular weight excluding hydrogens is 420 g/mol. The number of hydrogen-bond acceptors (Lipinski definition) is 6. The second-order valence-corrected chi connectivity index (χ2v) is 7.24. The molecule has 3 aromatic carbocycles. The molecule has 0 saturated heterocycles. The number of nitrogens with zero attached hydrogens (tertiary/aromatic N) is 4. The van der Waals surface area contributed by atoms with Gasteiger partial charge < -0.3 is 15.4 Å². The third-order valence-corrected chi connectivity index (χ3v) is 4.91. The Morgan fingerprint density at radius 2 is 1.67 bits per heavy atom. The fourth-order valence-corrected chi connectivity index (χ4v) is 3.22. The van der Waals surface area contributed by atoms with E-state index in [1.54, 1.807) is 43.5 Å². The minimum atomic E-state index is -0.310. The van der Waals surface area contributed by atoms with Crippen LogP contribution in [-0.4, -0.2) is 39.1 Å². The fraction of sp³-hybridized carbons (Fsp3) is 0.125. The molecule has 0 saturated carbocycles. The van der Waals surface area contributed by atoms with Gasteiger partial charge in [-0.25, -0.2) is 0 Å². The summed E-state index contributed by atoms with van der Waals surface area (Å²) < 4.78 is 5.25. The molecule has 4 rings (SSSR count). The molecule has 166 valence electrons. The maximum absolute atomic E-state index is 12.5. The summed E-state index contributed by atoms with van der Waals surface area (Å²) in [5.74, 6) is 0.441. The van der Waals surface area contributed by atoms with Crippen LogP contribution in [0.4, 0.5) is 11.4 Å². The highest BCUT2D eigenvalue weighted by atomic mass is 16.5. The van der Waals surface area contributed by atoms with Gasteiger partial charge in [-0.15, -0.1) is 10.2 Å². The summed E-state index contributed by atoms with van der Waals surface area (Å²) in [5, 5.41) is 17.9. The van der Waals surface area contributed by atoms with Crippen LogP contribution >= 0.6 is 0 Å². The van der Waals surface area contributed by atoms with Gasteiger partial charge >= 0.3 is 0 Å². The molecule has 0 spiro atoms. The molecule has 0 aliphatic heterocycles. The summed E-state index contributed by atoms with van der Waals surface area (Å²) >= 11 is 0. The van der Waals surface area contributed by atoms with Gasteiger partial charge in [-0.05, 0) is 54.1 Å². The molecule has 0 radical (unpaired) electrons. The predicted octanol–water partition coefficient (Wildman–Crippen LogP) is 3.55. The highest BCUT2D eigenvalue weighted by molar-refractivity contribution is 6.05. The number of carbonyl (C=O) groups excluding carboxylic acids is 2. The summed E-state index contributed by atoms with van der Waals surface area (Å²) in [6.45, 7) is 1.87. The Balaban J connectivity index is 1.36. The number of ether oxygens (including phenoxy) is 1. The molecule has 2 amide bonds.